The standard InChI is InChI=1S/C24H21ClN2O3S.C15H14ClNO2S.2C11H13NO2.C9H9NO2.C7H7NO.C5H8O2.ClH.Li.2H2O/c1-14(16-4-3-7-26-12-16)8-23(29)27-13-19-10-18-9-17(11-20(25)24(18)30-19)22-6-5-21(31-22)15(2)28;1-8(18)13-2-3-14(20-13)9-4-10-5-11(7-17)19-15(10)12(16)6-9;2*1-3-14-11(13)7-9(2)10-5-4-6-12-8-10;1-7(5-9(11)12)8-3-2-4-10-6-8;1-6(9)7-3-2-4-8-5-7;1-3-5(6)7-4-2;;;;/h3-9,11-12,19H,10,13H2,1-2H3,(H,27,29);2-4,6,11H,5,7,17H2,1H3;2*4-8H,3H2,1-2H3;2-6H,1H3,(H,11,12);2-5H,1H3;3H,1,4H2,2H3;1H;;2*1H2/q;;;;;;;;+1;;/p-1/b14-8-;;9-7+;9-7-;7-5-;;;;;;. The molecule has 7 N–H and O–H groups in total. The number of ether oxygens (including phenoxy) is 5. The van der Waals surface area contributed by atoms with E-state index in [-0.39, 0.29) is 95.6 Å². The monoisotopic (exact) mass is 1600 g/mol. The number of aliphatic carboxylic acids is 1. The number of thiophene rings is 2. The number of allylic oxidation sites excluding steroid dienone is 4. The van der Waals surface area contributed by atoms with Gasteiger partial charge in [0, 0.05) is 138 Å². The average Bonchev–Trinajstić information content (AvgIpc) is 1.66. The molecule has 7 aromatic heterocycles. The number of carbonyl (C=O) groups excluding carboxylic acids is 7. The van der Waals surface area contributed by atoms with E-state index < -0.39 is 5.97 Å². The molecule has 111 heavy (non-hydrogen) atoms. The number of esters is 3. The summed E-state index contributed by atoms with van der Waals surface area (Å²) in [6.45, 7) is 22.6. The van der Waals surface area contributed by atoms with E-state index in [0.717, 1.165) is 105 Å². The Bertz CT molecular complexity index is 4540. The van der Waals surface area contributed by atoms with E-state index in [1.165, 1.54) is 41.7 Å². The van der Waals surface area contributed by atoms with E-state index >= 15 is 0 Å². The molecule has 2 atom stereocenters. The summed E-state index contributed by atoms with van der Waals surface area (Å²) in [5, 5.41) is 12.5. The van der Waals surface area contributed by atoms with Crippen molar-refractivity contribution in [1.82, 2.24) is 30.2 Å². The predicted octanol–water partition coefficient (Wildman–Crippen LogP) is 12.8. The van der Waals surface area contributed by atoms with Crippen LogP contribution in [0.15, 0.2) is 208 Å². The van der Waals surface area contributed by atoms with E-state index in [1.807, 2.05) is 106 Å². The van der Waals surface area contributed by atoms with Gasteiger partial charge in [-0.3, -0.25) is 44.1 Å². The van der Waals surface area contributed by atoms with Crippen molar-refractivity contribution in [1.29, 1.82) is 0 Å². The Balaban J connectivity index is 0.000000679. The van der Waals surface area contributed by atoms with Crippen molar-refractivity contribution >= 4 is 128 Å². The van der Waals surface area contributed by atoms with E-state index in [2.05, 4.69) is 47.6 Å². The molecule has 0 spiro atoms. The average molecular weight is 1610 g/mol. The van der Waals surface area contributed by atoms with Crippen molar-refractivity contribution < 1.29 is 97.0 Å². The Kier molecular flexibility index (Phi) is 46.8. The third kappa shape index (κ3) is 34.6. The fourth-order valence-corrected chi connectivity index (χ4v) is 11.9. The van der Waals surface area contributed by atoms with Crippen molar-refractivity contribution in [3.8, 4) is 32.4 Å². The Hall–Kier alpha value is -10.4. The van der Waals surface area contributed by atoms with Gasteiger partial charge in [-0.25, -0.2) is 19.2 Å². The zero-order valence-electron chi connectivity index (χ0n) is 63.4. The van der Waals surface area contributed by atoms with Crippen LogP contribution in [0, 0.1) is 0 Å². The van der Waals surface area contributed by atoms with E-state index in [1.54, 1.807) is 128 Å². The molecule has 1 amide bonds. The number of fused-ring (bicyclic) bond motifs is 2. The molecular formula is C82H89Cl3LiN7O16S2. The predicted molar refractivity (Wildman–Crippen MR) is 434 cm³/mol. The number of carbonyl (C=O) groups is 8. The Morgan fingerprint density at radius 2 is 0.865 bits per heavy atom. The molecule has 11 rings (SSSR count). The second-order valence-electron chi connectivity index (χ2n) is 23.1. The van der Waals surface area contributed by atoms with Gasteiger partial charge < -0.3 is 50.8 Å². The first-order valence-corrected chi connectivity index (χ1v) is 36.0. The van der Waals surface area contributed by atoms with Gasteiger partial charge in [-0.15, -0.1) is 35.1 Å². The molecule has 2 unspecified atom stereocenters. The van der Waals surface area contributed by atoms with Crippen LogP contribution in [0.1, 0.15) is 132 Å². The quantitative estimate of drug-likeness (QED) is 0.0210. The number of amides is 1. The van der Waals surface area contributed by atoms with Crippen molar-refractivity contribution in [2.75, 3.05) is 32.9 Å². The van der Waals surface area contributed by atoms with Gasteiger partial charge in [-0.1, -0.05) is 54.0 Å². The number of pyridine rings is 5. The van der Waals surface area contributed by atoms with Crippen LogP contribution in [-0.2, 0) is 51.0 Å². The molecule has 2 aliphatic heterocycles. The number of nitrogens with zero attached hydrogens (tertiary/aromatic N) is 5. The molecule has 0 saturated heterocycles. The summed E-state index contributed by atoms with van der Waals surface area (Å²) in [6.07, 6.45) is 24.8. The number of hydrogen-bond acceptors (Lipinski definition) is 22. The molecule has 582 valence electrons. The van der Waals surface area contributed by atoms with E-state index in [9.17, 15) is 38.4 Å². The number of halogens is 3. The van der Waals surface area contributed by atoms with Gasteiger partial charge in [-0.2, -0.15) is 0 Å². The molecule has 23 nitrogen and oxygen atoms in total. The van der Waals surface area contributed by atoms with E-state index in [0.29, 0.717) is 66.3 Å². The third-order valence-corrected chi connectivity index (χ3v) is 17.9. The summed E-state index contributed by atoms with van der Waals surface area (Å²) in [6, 6.07) is 33.7. The largest absolute Gasteiger partial charge is 1.00 e. The molecular weight excluding hydrogens is 1520 g/mol. The molecule has 0 saturated carbocycles. The maximum absolute atomic E-state index is 12.3. The number of Topliss-reactive ketones (excluding diaryl/α,β-unsaturated/α-hetero) is 3. The zero-order chi connectivity index (χ0) is 78.4. The van der Waals surface area contributed by atoms with Crippen molar-refractivity contribution in [2.45, 2.75) is 94.3 Å². The van der Waals surface area contributed by atoms with E-state index in [4.69, 9.17) is 53.0 Å². The van der Waals surface area contributed by atoms with Crippen LogP contribution in [0.3, 0.4) is 0 Å². The van der Waals surface area contributed by atoms with Crippen LogP contribution in [-0.4, -0.2) is 133 Å². The minimum Gasteiger partial charge on any atom is -0.870 e. The Labute approximate surface area is 682 Å². The number of ketones is 3. The minimum absolute atomic E-state index is 0. The SMILES string of the molecule is C/C(=C/C(=O)O)c1cccnc1.C=CC(=O)OCC.CC(=O)c1ccc(-c2cc(Cl)c3c(c2)CC(CN)O3)s1.CC(=O)c1ccc(-c2cc(Cl)c3c(c2)CC(CNC(=O)/C=C(/C)c2cccnc2)O3)s1.CC(=O)c1cccnc1.CCOC(=O)/C=C(/C)c1cccnc1.CCOC(=O)/C=C(\C)c1cccnc1.Cl.O.[Li+].[OH-]. The van der Waals surface area contributed by atoms with Crippen LogP contribution in [0.25, 0.3) is 43.2 Å². The van der Waals surface area contributed by atoms with Gasteiger partial charge in [0.15, 0.2) is 17.3 Å². The number of nitrogens with two attached hydrogens (primary N) is 1. The number of hydrogen-bond donors (Lipinski definition) is 3. The molecule has 9 heterocycles. The van der Waals surface area contributed by atoms with Crippen LogP contribution < -0.4 is 39.4 Å². The first-order chi connectivity index (χ1) is 51.3. The smallest absolute Gasteiger partial charge is 0.870 e. The van der Waals surface area contributed by atoms with Gasteiger partial charge >= 0.3 is 42.7 Å². The summed E-state index contributed by atoms with van der Waals surface area (Å²) in [4.78, 5) is 112. The van der Waals surface area contributed by atoms with Crippen molar-refractivity contribution in [3.05, 3.63) is 267 Å². The van der Waals surface area contributed by atoms with Crippen LogP contribution >= 0.6 is 58.3 Å². The van der Waals surface area contributed by atoms with Crippen molar-refractivity contribution in [3.63, 3.8) is 0 Å². The molecule has 2 aliphatic rings. The van der Waals surface area contributed by atoms with Crippen LogP contribution in [0.2, 0.25) is 10.0 Å². The third-order valence-electron chi connectivity index (χ3n) is 14.9. The van der Waals surface area contributed by atoms with Crippen LogP contribution in [0.5, 0.6) is 11.5 Å². The normalized spacial score (nSPS) is 12.5. The number of benzene rings is 2. The molecule has 9 aromatic rings. The molecule has 0 radical (unpaired) electrons. The zero-order valence-corrected chi connectivity index (χ0v) is 67.3. The first kappa shape index (κ1) is 98.6. The topological polar surface area (TPSA) is 367 Å². The first-order valence-electron chi connectivity index (χ1n) is 33.6. The molecule has 0 fully saturated rings. The maximum Gasteiger partial charge on any atom is 1.00 e. The maximum atomic E-state index is 12.3. The number of carboxylic acid groups (broad SMARTS) is 1. The number of nitrogens with one attached hydrogen (secondary N) is 1. The molecule has 0 aliphatic carbocycles. The molecule has 29 heteroatoms. The summed E-state index contributed by atoms with van der Waals surface area (Å²) in [7, 11) is 0. The van der Waals surface area contributed by atoms with Gasteiger partial charge in [-0.05, 0) is 210 Å². The Morgan fingerprint density at radius 3 is 1.16 bits per heavy atom. The van der Waals surface area contributed by atoms with Crippen molar-refractivity contribution in [2.24, 2.45) is 5.73 Å². The number of carboxylic acids is 1. The van der Waals surface area contributed by atoms with Gasteiger partial charge in [0.2, 0.25) is 5.91 Å². The second-order valence-corrected chi connectivity index (χ2v) is 26.1. The second kappa shape index (κ2) is 52.7. The summed E-state index contributed by atoms with van der Waals surface area (Å²) < 4.78 is 25.7. The minimum atomic E-state index is -0.934. The summed E-state index contributed by atoms with van der Waals surface area (Å²) in [5.41, 5.74) is 17.2. The van der Waals surface area contributed by atoms with Gasteiger partial charge in [0.1, 0.15) is 23.7 Å². The van der Waals surface area contributed by atoms with Gasteiger partial charge in [0.25, 0.3) is 0 Å². The fourth-order valence-electron chi connectivity index (χ4n) is 9.53. The summed E-state index contributed by atoms with van der Waals surface area (Å²) >= 11 is 15.7. The van der Waals surface area contributed by atoms with Crippen LogP contribution in [0.4, 0.5) is 0 Å². The van der Waals surface area contributed by atoms with Gasteiger partial charge in [0.05, 0.1) is 46.2 Å². The fraction of sp³-hybridized carbons (Fsp3) is 0.232. The molecule has 0 bridgehead atoms. The number of aromatic nitrogens is 5. The number of rotatable bonds is 20. The molecule has 2 aromatic carbocycles. The Morgan fingerprint density at radius 1 is 0.523 bits per heavy atom. The summed E-state index contributed by atoms with van der Waals surface area (Å²) in [5.74, 6) is -0.493.